The average molecular weight is 360 g/mol. The van der Waals surface area contributed by atoms with Crippen LogP contribution < -0.4 is 5.63 Å². The van der Waals surface area contributed by atoms with Gasteiger partial charge in [0.25, 0.3) is 0 Å². The standard InChI is InChI=1S/C18H16O8/c1-23-15(19)13(16(20)24-2)11-9-12(10-7-5-4-6-8-10)26-18(22)14(11)17(21)25-3/h4-9,13H,1-3H3. The van der Waals surface area contributed by atoms with E-state index in [0.29, 0.717) is 5.56 Å². The van der Waals surface area contributed by atoms with E-state index in [2.05, 4.69) is 14.2 Å². The minimum atomic E-state index is -1.65. The van der Waals surface area contributed by atoms with Crippen LogP contribution >= 0.6 is 0 Å². The van der Waals surface area contributed by atoms with Crippen molar-refractivity contribution in [3.05, 3.63) is 57.9 Å². The molecule has 136 valence electrons. The Kier molecular flexibility index (Phi) is 5.90. The second-order valence-corrected chi connectivity index (χ2v) is 5.07. The fraction of sp³-hybridized carbons (Fsp3) is 0.222. The maximum Gasteiger partial charge on any atom is 0.351 e. The molecule has 8 heteroatoms. The van der Waals surface area contributed by atoms with Crippen molar-refractivity contribution < 1.29 is 33.0 Å². The Morgan fingerprint density at radius 2 is 1.50 bits per heavy atom. The van der Waals surface area contributed by atoms with Crippen LogP contribution in [0.3, 0.4) is 0 Å². The summed E-state index contributed by atoms with van der Waals surface area (Å²) < 4.78 is 19.0. The molecule has 2 aromatic rings. The van der Waals surface area contributed by atoms with Crippen LogP contribution in [0.25, 0.3) is 11.3 Å². The van der Waals surface area contributed by atoms with E-state index >= 15 is 0 Å². The van der Waals surface area contributed by atoms with Gasteiger partial charge in [-0.2, -0.15) is 0 Å². The number of hydrogen-bond donors (Lipinski definition) is 0. The first kappa shape index (κ1) is 18.9. The van der Waals surface area contributed by atoms with Crippen LogP contribution in [0, 0.1) is 0 Å². The first-order valence-electron chi connectivity index (χ1n) is 7.42. The number of hydrogen-bond acceptors (Lipinski definition) is 8. The third kappa shape index (κ3) is 3.64. The van der Waals surface area contributed by atoms with Gasteiger partial charge < -0.3 is 18.6 Å². The van der Waals surface area contributed by atoms with E-state index in [4.69, 9.17) is 4.42 Å². The van der Waals surface area contributed by atoms with Crippen LogP contribution in [0.15, 0.2) is 45.6 Å². The highest BCUT2D eigenvalue weighted by atomic mass is 16.5. The molecule has 26 heavy (non-hydrogen) atoms. The highest BCUT2D eigenvalue weighted by Crippen LogP contribution is 2.27. The highest BCUT2D eigenvalue weighted by molar-refractivity contribution is 6.04. The van der Waals surface area contributed by atoms with Gasteiger partial charge in [0, 0.05) is 11.1 Å². The lowest BCUT2D eigenvalue weighted by molar-refractivity contribution is -0.154. The molecule has 2 rings (SSSR count). The van der Waals surface area contributed by atoms with Crippen molar-refractivity contribution in [2.24, 2.45) is 0 Å². The summed E-state index contributed by atoms with van der Waals surface area (Å²) in [6, 6.07) is 9.75. The SMILES string of the molecule is COC(=O)c1c(C(C(=O)OC)C(=O)OC)cc(-c2ccccc2)oc1=O. The average Bonchev–Trinajstić information content (AvgIpc) is 2.67. The molecular weight excluding hydrogens is 344 g/mol. The Morgan fingerprint density at radius 1 is 0.923 bits per heavy atom. The molecule has 1 aromatic carbocycles. The summed E-state index contributed by atoms with van der Waals surface area (Å²) in [5.41, 5.74) is -1.33. The summed E-state index contributed by atoms with van der Waals surface area (Å²) in [5.74, 6) is -4.62. The summed E-state index contributed by atoms with van der Waals surface area (Å²) in [6.07, 6.45) is 0. The second kappa shape index (κ2) is 8.11. The smallest absolute Gasteiger partial charge is 0.351 e. The van der Waals surface area contributed by atoms with E-state index < -0.39 is 35.0 Å². The molecular formula is C18H16O8. The van der Waals surface area contributed by atoms with Crippen LogP contribution in [0.1, 0.15) is 21.8 Å². The second-order valence-electron chi connectivity index (χ2n) is 5.07. The zero-order chi connectivity index (χ0) is 19.3. The van der Waals surface area contributed by atoms with Gasteiger partial charge in [0.2, 0.25) is 0 Å². The molecule has 0 aliphatic carbocycles. The number of methoxy groups -OCH3 is 3. The molecule has 0 radical (unpaired) electrons. The summed E-state index contributed by atoms with van der Waals surface area (Å²) in [6.45, 7) is 0. The van der Waals surface area contributed by atoms with Crippen LogP contribution in [-0.4, -0.2) is 39.2 Å². The Bertz CT molecular complexity index is 866. The highest BCUT2D eigenvalue weighted by Gasteiger charge is 2.37. The predicted octanol–water partition coefficient (Wildman–Crippen LogP) is 1.52. The molecule has 0 saturated carbocycles. The predicted molar refractivity (Wildman–Crippen MR) is 88.5 cm³/mol. The summed E-state index contributed by atoms with van der Waals surface area (Å²) in [5, 5.41) is 0. The fourth-order valence-corrected chi connectivity index (χ4v) is 2.37. The molecule has 0 atom stereocenters. The van der Waals surface area contributed by atoms with Gasteiger partial charge in [0.15, 0.2) is 5.92 Å². The third-order valence-corrected chi connectivity index (χ3v) is 3.61. The first-order chi connectivity index (χ1) is 12.4. The number of carbonyl (C=O) groups is 3. The van der Waals surface area contributed by atoms with E-state index in [9.17, 15) is 19.2 Å². The van der Waals surface area contributed by atoms with Gasteiger partial charge in [-0.25, -0.2) is 9.59 Å². The van der Waals surface area contributed by atoms with Gasteiger partial charge in [-0.1, -0.05) is 30.3 Å². The fourth-order valence-electron chi connectivity index (χ4n) is 2.37. The van der Waals surface area contributed by atoms with E-state index in [-0.39, 0.29) is 11.3 Å². The molecule has 0 amide bonds. The van der Waals surface area contributed by atoms with Gasteiger partial charge >= 0.3 is 23.5 Å². The zero-order valence-corrected chi connectivity index (χ0v) is 14.3. The van der Waals surface area contributed by atoms with E-state index in [0.717, 1.165) is 21.3 Å². The molecule has 8 nitrogen and oxygen atoms in total. The van der Waals surface area contributed by atoms with Gasteiger partial charge in [-0.05, 0) is 6.07 Å². The summed E-state index contributed by atoms with van der Waals surface area (Å²) in [4.78, 5) is 48.7. The summed E-state index contributed by atoms with van der Waals surface area (Å²) in [7, 11) is 3.20. The lowest BCUT2D eigenvalue weighted by Gasteiger charge is -2.16. The minimum absolute atomic E-state index is 0.0658. The number of benzene rings is 1. The Morgan fingerprint density at radius 3 is 2.00 bits per heavy atom. The molecule has 0 fully saturated rings. The first-order valence-corrected chi connectivity index (χ1v) is 7.42. The largest absolute Gasteiger partial charge is 0.468 e. The molecule has 0 spiro atoms. The van der Waals surface area contributed by atoms with Crippen molar-refractivity contribution in [1.82, 2.24) is 0 Å². The lowest BCUT2D eigenvalue weighted by atomic mass is 9.94. The molecule has 0 N–H and O–H groups in total. The lowest BCUT2D eigenvalue weighted by Crippen LogP contribution is -2.29. The van der Waals surface area contributed by atoms with E-state index in [1.165, 1.54) is 6.07 Å². The molecule has 0 unspecified atom stereocenters. The Labute approximate surface area is 148 Å². The zero-order valence-electron chi connectivity index (χ0n) is 14.3. The Hall–Kier alpha value is -3.42. The van der Waals surface area contributed by atoms with Gasteiger partial charge in [0.1, 0.15) is 11.3 Å². The van der Waals surface area contributed by atoms with Gasteiger partial charge in [0.05, 0.1) is 21.3 Å². The molecule has 1 heterocycles. The molecule has 0 saturated heterocycles. The maximum atomic E-state index is 12.4. The third-order valence-electron chi connectivity index (χ3n) is 3.61. The van der Waals surface area contributed by atoms with Gasteiger partial charge in [-0.15, -0.1) is 0 Å². The monoisotopic (exact) mass is 360 g/mol. The van der Waals surface area contributed by atoms with Crippen molar-refractivity contribution in [3.63, 3.8) is 0 Å². The van der Waals surface area contributed by atoms with Crippen molar-refractivity contribution in [3.8, 4) is 11.3 Å². The number of ether oxygens (including phenoxy) is 3. The Balaban J connectivity index is 2.79. The summed E-state index contributed by atoms with van der Waals surface area (Å²) >= 11 is 0. The number of carbonyl (C=O) groups excluding carboxylic acids is 3. The van der Waals surface area contributed by atoms with Crippen molar-refractivity contribution in [1.29, 1.82) is 0 Å². The van der Waals surface area contributed by atoms with Crippen LogP contribution in [0.4, 0.5) is 0 Å². The quantitative estimate of drug-likeness (QED) is 0.448. The van der Waals surface area contributed by atoms with Crippen molar-refractivity contribution >= 4 is 17.9 Å². The number of rotatable bonds is 5. The topological polar surface area (TPSA) is 109 Å². The van der Waals surface area contributed by atoms with Crippen molar-refractivity contribution in [2.45, 2.75) is 5.92 Å². The van der Waals surface area contributed by atoms with Crippen LogP contribution in [0.5, 0.6) is 0 Å². The van der Waals surface area contributed by atoms with Crippen LogP contribution in [-0.2, 0) is 23.8 Å². The van der Waals surface area contributed by atoms with Crippen LogP contribution in [0.2, 0.25) is 0 Å². The van der Waals surface area contributed by atoms with Crippen molar-refractivity contribution in [2.75, 3.05) is 21.3 Å². The molecule has 0 aliphatic rings. The minimum Gasteiger partial charge on any atom is -0.468 e. The number of esters is 3. The molecule has 1 aromatic heterocycles. The molecule has 0 bridgehead atoms. The van der Waals surface area contributed by atoms with E-state index in [1.807, 2.05) is 0 Å². The van der Waals surface area contributed by atoms with Gasteiger partial charge in [-0.3, -0.25) is 9.59 Å². The molecule has 0 aliphatic heterocycles. The van der Waals surface area contributed by atoms with E-state index in [1.54, 1.807) is 30.3 Å². The normalized spacial score (nSPS) is 10.3. The maximum absolute atomic E-state index is 12.4.